The van der Waals surface area contributed by atoms with E-state index in [9.17, 15) is 4.79 Å². The fourth-order valence-corrected chi connectivity index (χ4v) is 1.65. The lowest BCUT2D eigenvalue weighted by molar-refractivity contribution is 0.0688. The Labute approximate surface area is 99.1 Å². The van der Waals surface area contributed by atoms with Gasteiger partial charge in [-0.1, -0.05) is 0 Å². The van der Waals surface area contributed by atoms with E-state index >= 15 is 0 Å². The molecule has 0 aliphatic heterocycles. The van der Waals surface area contributed by atoms with Gasteiger partial charge in [0.25, 0.3) is 0 Å². The maximum atomic E-state index is 11.0. The predicted octanol–water partition coefficient (Wildman–Crippen LogP) is 2.57. The van der Waals surface area contributed by atoms with Crippen LogP contribution < -0.4 is 4.74 Å². The maximum Gasteiger partial charge on any atom is 0.352 e. The molecule has 0 fully saturated rings. The fraction of sp³-hybridized carbons (Fsp3) is 0.154. The third-order valence-electron chi connectivity index (χ3n) is 2.39. The molecule has 0 aliphatic rings. The summed E-state index contributed by atoms with van der Waals surface area (Å²) in [5.41, 5.74) is 1.05. The number of hydrogen-bond acceptors (Lipinski definition) is 2. The molecule has 0 saturated heterocycles. The van der Waals surface area contributed by atoms with E-state index in [1.54, 1.807) is 22.9 Å². The molecule has 1 aromatic heterocycles. The van der Waals surface area contributed by atoms with Crippen LogP contribution in [0.1, 0.15) is 17.4 Å². The van der Waals surface area contributed by atoms with Crippen LogP contribution in [-0.4, -0.2) is 22.2 Å². The van der Waals surface area contributed by atoms with Crippen molar-refractivity contribution in [3.63, 3.8) is 0 Å². The average molecular weight is 231 g/mol. The van der Waals surface area contributed by atoms with Gasteiger partial charge in [0.2, 0.25) is 0 Å². The molecular formula is C13H13NO3. The normalized spacial score (nSPS) is 10.2. The Balaban J connectivity index is 2.33. The molecular weight excluding hydrogens is 218 g/mol. The van der Waals surface area contributed by atoms with E-state index in [4.69, 9.17) is 9.84 Å². The van der Waals surface area contributed by atoms with E-state index in [2.05, 4.69) is 0 Å². The number of carboxylic acids is 1. The van der Waals surface area contributed by atoms with Crippen molar-refractivity contribution in [1.82, 2.24) is 4.57 Å². The minimum absolute atomic E-state index is 0.245. The van der Waals surface area contributed by atoms with Gasteiger partial charge in [0.05, 0.1) is 6.61 Å². The van der Waals surface area contributed by atoms with E-state index < -0.39 is 5.97 Å². The molecule has 2 aromatic rings. The van der Waals surface area contributed by atoms with Gasteiger partial charge in [-0.15, -0.1) is 0 Å². The molecule has 0 unspecified atom stereocenters. The number of carbonyl (C=O) groups is 1. The first-order valence-corrected chi connectivity index (χ1v) is 5.36. The molecule has 17 heavy (non-hydrogen) atoms. The predicted molar refractivity (Wildman–Crippen MR) is 63.9 cm³/mol. The van der Waals surface area contributed by atoms with Crippen LogP contribution in [0.15, 0.2) is 42.6 Å². The molecule has 1 aromatic carbocycles. The molecule has 0 spiro atoms. The van der Waals surface area contributed by atoms with Crippen molar-refractivity contribution in [1.29, 1.82) is 0 Å². The SMILES string of the molecule is CCOc1ccc(-n2cccc2C(=O)O)cc1. The van der Waals surface area contributed by atoms with Crippen molar-refractivity contribution in [3.8, 4) is 11.4 Å². The summed E-state index contributed by atoms with van der Waals surface area (Å²) in [6, 6.07) is 10.6. The van der Waals surface area contributed by atoms with Crippen LogP contribution >= 0.6 is 0 Å². The largest absolute Gasteiger partial charge is 0.494 e. The average Bonchev–Trinajstić information content (AvgIpc) is 2.79. The number of aromatic carboxylic acids is 1. The zero-order valence-electron chi connectivity index (χ0n) is 9.46. The lowest BCUT2D eigenvalue weighted by Crippen LogP contribution is -2.05. The molecule has 4 nitrogen and oxygen atoms in total. The second-order valence-electron chi connectivity index (χ2n) is 3.50. The molecule has 1 N–H and O–H groups in total. The van der Waals surface area contributed by atoms with Crippen LogP contribution in [0.25, 0.3) is 5.69 Å². The van der Waals surface area contributed by atoms with Gasteiger partial charge in [0.1, 0.15) is 11.4 Å². The van der Waals surface area contributed by atoms with Crippen molar-refractivity contribution < 1.29 is 14.6 Å². The van der Waals surface area contributed by atoms with Gasteiger partial charge >= 0.3 is 5.97 Å². The quantitative estimate of drug-likeness (QED) is 0.879. The van der Waals surface area contributed by atoms with Gasteiger partial charge < -0.3 is 14.4 Å². The lowest BCUT2D eigenvalue weighted by Gasteiger charge is -2.08. The van der Waals surface area contributed by atoms with Crippen LogP contribution in [0.3, 0.4) is 0 Å². The summed E-state index contributed by atoms with van der Waals surface area (Å²) < 4.78 is 6.95. The van der Waals surface area contributed by atoms with E-state index in [1.807, 2.05) is 31.2 Å². The molecule has 0 atom stereocenters. The van der Waals surface area contributed by atoms with Crippen LogP contribution in [-0.2, 0) is 0 Å². The van der Waals surface area contributed by atoms with Crippen LogP contribution in [0, 0.1) is 0 Å². The number of benzene rings is 1. The van der Waals surface area contributed by atoms with Crippen LogP contribution in [0.2, 0.25) is 0 Å². The molecule has 0 aliphatic carbocycles. The van der Waals surface area contributed by atoms with Crippen molar-refractivity contribution in [3.05, 3.63) is 48.3 Å². The first-order chi connectivity index (χ1) is 8.22. The van der Waals surface area contributed by atoms with Crippen molar-refractivity contribution in [2.45, 2.75) is 6.92 Å². The van der Waals surface area contributed by atoms with Gasteiger partial charge in [0.15, 0.2) is 0 Å². The van der Waals surface area contributed by atoms with Crippen molar-refractivity contribution in [2.75, 3.05) is 6.61 Å². The van der Waals surface area contributed by atoms with E-state index in [1.165, 1.54) is 0 Å². The number of carboxylic acid groups (broad SMARTS) is 1. The summed E-state index contributed by atoms with van der Waals surface area (Å²) in [4.78, 5) is 11.0. The third-order valence-corrected chi connectivity index (χ3v) is 2.39. The second kappa shape index (κ2) is 4.74. The van der Waals surface area contributed by atoms with Gasteiger partial charge in [-0.3, -0.25) is 0 Å². The molecule has 0 saturated carbocycles. The number of nitrogens with zero attached hydrogens (tertiary/aromatic N) is 1. The summed E-state index contributed by atoms with van der Waals surface area (Å²) in [5.74, 6) is -0.163. The van der Waals surface area contributed by atoms with Gasteiger partial charge in [-0.2, -0.15) is 0 Å². The molecule has 2 rings (SSSR count). The first kappa shape index (κ1) is 11.3. The van der Waals surface area contributed by atoms with Crippen LogP contribution in [0.5, 0.6) is 5.75 Å². The standard InChI is InChI=1S/C13H13NO3/c1-2-17-11-7-5-10(6-8-11)14-9-3-4-12(14)13(15)16/h3-9H,2H2,1H3,(H,15,16). The molecule has 0 bridgehead atoms. The molecule has 0 radical (unpaired) electrons. The maximum absolute atomic E-state index is 11.0. The molecule has 88 valence electrons. The van der Waals surface area contributed by atoms with Crippen molar-refractivity contribution in [2.24, 2.45) is 0 Å². The lowest BCUT2D eigenvalue weighted by atomic mass is 10.3. The summed E-state index contributed by atoms with van der Waals surface area (Å²) in [6.45, 7) is 2.53. The van der Waals surface area contributed by atoms with E-state index in [0.29, 0.717) is 6.61 Å². The molecule has 1 heterocycles. The Kier molecular flexibility index (Phi) is 3.14. The Bertz CT molecular complexity index is 514. The zero-order valence-corrected chi connectivity index (χ0v) is 9.46. The Morgan fingerprint density at radius 1 is 1.29 bits per heavy atom. The highest BCUT2D eigenvalue weighted by Crippen LogP contribution is 2.17. The third kappa shape index (κ3) is 2.30. The first-order valence-electron chi connectivity index (χ1n) is 5.36. The highest BCUT2D eigenvalue weighted by molar-refractivity contribution is 5.86. The van der Waals surface area contributed by atoms with E-state index in [-0.39, 0.29) is 5.69 Å². The summed E-state index contributed by atoms with van der Waals surface area (Å²) in [6.07, 6.45) is 1.72. The fourth-order valence-electron chi connectivity index (χ4n) is 1.65. The van der Waals surface area contributed by atoms with Crippen molar-refractivity contribution >= 4 is 5.97 Å². The number of hydrogen-bond donors (Lipinski definition) is 1. The van der Waals surface area contributed by atoms with Gasteiger partial charge in [-0.05, 0) is 43.3 Å². The second-order valence-corrected chi connectivity index (χ2v) is 3.50. The van der Waals surface area contributed by atoms with Crippen LogP contribution in [0.4, 0.5) is 0 Å². The van der Waals surface area contributed by atoms with E-state index in [0.717, 1.165) is 11.4 Å². The minimum Gasteiger partial charge on any atom is -0.494 e. The molecule has 4 heteroatoms. The monoisotopic (exact) mass is 231 g/mol. The summed E-state index contributed by atoms with van der Waals surface area (Å²) in [7, 11) is 0. The smallest absolute Gasteiger partial charge is 0.352 e. The Morgan fingerprint density at radius 2 is 2.00 bits per heavy atom. The summed E-state index contributed by atoms with van der Waals surface area (Å²) in [5, 5.41) is 9.01. The Hall–Kier alpha value is -2.23. The Morgan fingerprint density at radius 3 is 2.59 bits per heavy atom. The molecule has 0 amide bonds. The highest BCUT2D eigenvalue weighted by atomic mass is 16.5. The van der Waals surface area contributed by atoms with Gasteiger partial charge in [0, 0.05) is 11.9 Å². The van der Waals surface area contributed by atoms with Gasteiger partial charge in [-0.25, -0.2) is 4.79 Å². The zero-order chi connectivity index (χ0) is 12.3. The summed E-state index contributed by atoms with van der Waals surface area (Å²) >= 11 is 0. The topological polar surface area (TPSA) is 51.5 Å². The number of rotatable bonds is 4. The highest BCUT2D eigenvalue weighted by Gasteiger charge is 2.09. The minimum atomic E-state index is -0.941. The number of ether oxygens (including phenoxy) is 1. The number of aromatic nitrogens is 1.